The van der Waals surface area contributed by atoms with Crippen LogP contribution in [0.5, 0.6) is 11.5 Å². The van der Waals surface area contributed by atoms with Crippen molar-refractivity contribution in [2.24, 2.45) is 0 Å². The highest BCUT2D eigenvalue weighted by Crippen LogP contribution is 2.31. The first-order valence-electron chi connectivity index (χ1n) is 15.1. The van der Waals surface area contributed by atoms with Gasteiger partial charge in [-0.1, -0.05) is 66.7 Å². The van der Waals surface area contributed by atoms with Crippen LogP contribution in [0.1, 0.15) is 5.56 Å². The van der Waals surface area contributed by atoms with Crippen LogP contribution in [0.2, 0.25) is 0 Å². The molecular weight excluding hydrogens is 673 g/mol. The van der Waals surface area contributed by atoms with Crippen molar-refractivity contribution in [1.82, 2.24) is 13.6 Å². The van der Waals surface area contributed by atoms with Gasteiger partial charge in [-0.15, -0.1) is 22.7 Å². The summed E-state index contributed by atoms with van der Waals surface area (Å²) in [4.78, 5) is 18.4. The lowest BCUT2D eigenvalue weighted by Crippen LogP contribution is -2.54. The van der Waals surface area contributed by atoms with E-state index in [0.717, 1.165) is 19.1 Å². The van der Waals surface area contributed by atoms with E-state index in [1.165, 1.54) is 17.5 Å². The third-order valence-electron chi connectivity index (χ3n) is 7.87. The molecule has 11 nitrogen and oxygen atoms in total. The summed E-state index contributed by atoms with van der Waals surface area (Å²) in [7, 11) is -4.59. The van der Waals surface area contributed by atoms with Crippen molar-refractivity contribution in [1.29, 1.82) is 0 Å². The van der Waals surface area contributed by atoms with Crippen molar-refractivity contribution in [3.05, 3.63) is 120 Å². The predicted octanol–water partition coefficient (Wildman–Crippen LogP) is 4.49. The fourth-order valence-corrected chi connectivity index (χ4v) is 8.61. The summed E-state index contributed by atoms with van der Waals surface area (Å²) in [5.41, 5.74) is 1.61. The monoisotopic (exact) mass is 706 g/mol. The number of carbonyl (C=O) groups excluding carboxylic acids is 1. The fourth-order valence-electron chi connectivity index (χ4n) is 5.41. The molecule has 0 unspecified atom stereocenters. The zero-order valence-electron chi connectivity index (χ0n) is 25.6. The Bertz CT molecular complexity index is 1840. The van der Waals surface area contributed by atoms with Gasteiger partial charge in [0, 0.05) is 23.0 Å². The second kappa shape index (κ2) is 15.4. The van der Waals surface area contributed by atoms with Crippen molar-refractivity contribution < 1.29 is 32.9 Å². The lowest BCUT2D eigenvalue weighted by Gasteiger charge is -2.34. The first-order valence-corrected chi connectivity index (χ1v) is 18.3. The maximum Gasteiger partial charge on any atom is 0.283 e. The van der Waals surface area contributed by atoms with Gasteiger partial charge >= 0.3 is 0 Å². The van der Waals surface area contributed by atoms with Gasteiger partial charge in [-0.05, 0) is 46.8 Å². The average Bonchev–Trinajstić information content (AvgIpc) is 3.83. The molecule has 1 aliphatic rings. The minimum Gasteiger partial charge on any atom is -0.492 e. The number of aromatic nitrogens is 1. The molecule has 250 valence electrons. The number of carbonyl (C=O) groups is 1. The number of hydrogen-bond acceptors (Lipinski definition) is 10. The third-order valence-corrected chi connectivity index (χ3v) is 11.5. The number of para-hydroxylation sites is 2. The number of aliphatic hydroxyl groups is 2. The van der Waals surface area contributed by atoms with Crippen LogP contribution in [-0.2, 0) is 21.5 Å². The number of aliphatic hydroxyl groups excluding tert-OH is 2. The van der Waals surface area contributed by atoms with Gasteiger partial charge in [0.25, 0.3) is 10.2 Å². The van der Waals surface area contributed by atoms with Crippen LogP contribution < -0.4 is 14.8 Å². The number of benzene rings is 3. The summed E-state index contributed by atoms with van der Waals surface area (Å²) in [6, 6.07) is 26.3. The van der Waals surface area contributed by atoms with E-state index in [1.54, 1.807) is 71.3 Å². The Morgan fingerprint density at radius 1 is 0.771 bits per heavy atom. The number of thiophene rings is 1. The van der Waals surface area contributed by atoms with Gasteiger partial charge in [0.15, 0.2) is 5.13 Å². The molecule has 1 saturated heterocycles. The van der Waals surface area contributed by atoms with Crippen LogP contribution in [0.25, 0.3) is 10.4 Å². The molecule has 4 atom stereocenters. The van der Waals surface area contributed by atoms with Crippen molar-refractivity contribution in [3.8, 4) is 21.9 Å². The Morgan fingerprint density at radius 3 is 1.92 bits per heavy atom. The van der Waals surface area contributed by atoms with Crippen LogP contribution in [0.3, 0.4) is 0 Å². The summed E-state index contributed by atoms with van der Waals surface area (Å²) >= 11 is 2.77. The summed E-state index contributed by atoms with van der Waals surface area (Å²) in [5, 5.41) is 30.0. The number of amides is 1. The number of nitrogens with one attached hydrogen (secondary N) is 1. The molecule has 48 heavy (non-hydrogen) atoms. The number of ether oxygens (including phenoxy) is 2. The second-order valence-electron chi connectivity index (χ2n) is 11.0. The SMILES string of the molecule is O=C(CN1[C@@H](COc2ccccc2)[C@@H](O)[C@H](O)[C@H](COc2ccccc2)N(Cc2ccc(-c3cccs3)cc2)S1(=O)=O)Nc1nccs1. The Balaban J connectivity index is 1.37. The molecule has 0 spiro atoms. The van der Waals surface area contributed by atoms with Crippen LogP contribution in [0.15, 0.2) is 114 Å². The number of thiazole rings is 1. The van der Waals surface area contributed by atoms with Crippen molar-refractivity contribution in [2.45, 2.75) is 30.8 Å². The van der Waals surface area contributed by atoms with E-state index in [4.69, 9.17) is 9.47 Å². The van der Waals surface area contributed by atoms with Gasteiger partial charge in [0.1, 0.15) is 36.9 Å². The van der Waals surface area contributed by atoms with Gasteiger partial charge in [-0.3, -0.25) is 4.79 Å². The number of nitrogens with zero attached hydrogens (tertiary/aromatic N) is 3. The average molecular weight is 707 g/mol. The van der Waals surface area contributed by atoms with Crippen molar-refractivity contribution in [3.63, 3.8) is 0 Å². The molecule has 2 aromatic heterocycles. The molecule has 3 N–H and O–H groups in total. The molecule has 1 amide bonds. The van der Waals surface area contributed by atoms with Crippen LogP contribution in [-0.4, -0.2) is 82.2 Å². The molecule has 0 aliphatic carbocycles. The molecule has 3 heterocycles. The quantitative estimate of drug-likeness (QED) is 0.173. The minimum absolute atomic E-state index is 0.170. The highest BCUT2D eigenvalue weighted by molar-refractivity contribution is 7.86. The lowest BCUT2D eigenvalue weighted by molar-refractivity contribution is -0.117. The summed E-state index contributed by atoms with van der Waals surface area (Å²) in [6.45, 7) is -1.47. The zero-order valence-corrected chi connectivity index (χ0v) is 28.1. The predicted molar refractivity (Wildman–Crippen MR) is 185 cm³/mol. The molecule has 14 heteroatoms. The summed E-state index contributed by atoms with van der Waals surface area (Å²) < 4.78 is 43.5. The molecular formula is C34H34N4O7S3. The summed E-state index contributed by atoms with van der Waals surface area (Å²) in [5.74, 6) is 0.226. The standard InChI is InChI=1S/C34H34N4O7S3/c39-31(36-34-35-17-19-47-34)21-38-29(23-45-27-10-5-2-6-11-27)33(41)32(40)28(22-44-26-8-3-1-4-9-26)37(48(38,42)43)20-24-13-15-25(16-14-24)30-12-7-18-46-30/h1-19,28-29,32-33,40-41H,20-23H2,(H,35,36,39)/t28-,29-,32+,33+/m0/s1. The van der Waals surface area contributed by atoms with Gasteiger partial charge in [0.2, 0.25) is 5.91 Å². The first kappa shape index (κ1) is 33.7. The van der Waals surface area contributed by atoms with E-state index in [-0.39, 0.29) is 19.8 Å². The van der Waals surface area contributed by atoms with E-state index < -0.39 is 47.0 Å². The number of anilines is 1. The molecule has 1 fully saturated rings. The Kier molecular flexibility index (Phi) is 10.8. The van der Waals surface area contributed by atoms with Gasteiger partial charge < -0.3 is 25.0 Å². The molecule has 0 bridgehead atoms. The molecule has 6 rings (SSSR count). The number of hydrogen-bond donors (Lipinski definition) is 3. The maximum atomic E-state index is 14.8. The van der Waals surface area contributed by atoms with E-state index in [2.05, 4.69) is 10.3 Å². The smallest absolute Gasteiger partial charge is 0.283 e. The van der Waals surface area contributed by atoms with Crippen LogP contribution >= 0.6 is 22.7 Å². The van der Waals surface area contributed by atoms with E-state index in [9.17, 15) is 23.4 Å². The number of rotatable bonds is 12. The zero-order chi connectivity index (χ0) is 33.5. The van der Waals surface area contributed by atoms with E-state index >= 15 is 0 Å². The Hall–Kier alpha value is -4.15. The molecule has 5 aromatic rings. The van der Waals surface area contributed by atoms with E-state index in [1.807, 2.05) is 47.8 Å². The molecule has 1 aliphatic heterocycles. The normalized spacial score (nSPS) is 21.3. The Morgan fingerprint density at radius 2 is 1.38 bits per heavy atom. The molecule has 0 radical (unpaired) electrons. The highest BCUT2D eigenvalue weighted by Gasteiger charge is 2.51. The Labute approximate surface area is 286 Å². The molecule has 3 aromatic carbocycles. The fraction of sp³-hybridized carbons (Fsp3) is 0.235. The van der Waals surface area contributed by atoms with Gasteiger partial charge in [0.05, 0.1) is 18.6 Å². The van der Waals surface area contributed by atoms with Gasteiger partial charge in [-0.25, -0.2) is 4.98 Å². The topological polar surface area (TPSA) is 142 Å². The maximum absolute atomic E-state index is 14.8. The molecule has 0 saturated carbocycles. The van der Waals surface area contributed by atoms with Crippen molar-refractivity contribution >= 4 is 43.9 Å². The van der Waals surface area contributed by atoms with Crippen LogP contribution in [0, 0.1) is 0 Å². The first-order chi connectivity index (χ1) is 23.3. The van der Waals surface area contributed by atoms with Crippen LogP contribution in [0.4, 0.5) is 5.13 Å². The lowest BCUT2D eigenvalue weighted by atomic mass is 9.99. The van der Waals surface area contributed by atoms with E-state index in [0.29, 0.717) is 22.2 Å². The largest absolute Gasteiger partial charge is 0.492 e. The third kappa shape index (κ3) is 7.93. The highest BCUT2D eigenvalue weighted by atomic mass is 32.2. The minimum atomic E-state index is -4.59. The second-order valence-corrected chi connectivity index (χ2v) is 14.7. The van der Waals surface area contributed by atoms with Crippen molar-refractivity contribution in [2.75, 3.05) is 25.1 Å². The summed E-state index contributed by atoms with van der Waals surface area (Å²) in [6.07, 6.45) is -1.76. The van der Waals surface area contributed by atoms with Gasteiger partial charge in [-0.2, -0.15) is 17.0 Å².